The summed E-state index contributed by atoms with van der Waals surface area (Å²) in [5.41, 5.74) is 1.44. The molecule has 2 heterocycles. The number of para-hydroxylation sites is 1. The normalized spacial score (nSPS) is 13.1. The van der Waals surface area contributed by atoms with Gasteiger partial charge >= 0.3 is 5.97 Å². The van der Waals surface area contributed by atoms with Gasteiger partial charge in [0, 0.05) is 17.9 Å². The van der Waals surface area contributed by atoms with Crippen LogP contribution < -0.4 is 10.6 Å². The van der Waals surface area contributed by atoms with E-state index in [1.54, 1.807) is 43.5 Å². The molecule has 4 rings (SSSR count). The standard InChI is InChI=1S/C19H18N6O4/c1-11-8-9-20-19-23-16(24-25(11)19)18(28)29-10-15(26)22-14-5-3-2-4-13(14)17(27)21-12-6-7-12/h2-5,8-9,12H,6-7,10H2,1H3,(H,21,27)(H,22,26). The predicted octanol–water partition coefficient (Wildman–Crippen LogP) is 1.12. The van der Waals surface area contributed by atoms with Crippen LogP contribution >= 0.6 is 0 Å². The molecule has 0 saturated heterocycles. The van der Waals surface area contributed by atoms with E-state index in [1.165, 1.54) is 4.52 Å². The second kappa shape index (κ2) is 7.66. The molecule has 10 heteroatoms. The van der Waals surface area contributed by atoms with Gasteiger partial charge in [-0.1, -0.05) is 12.1 Å². The summed E-state index contributed by atoms with van der Waals surface area (Å²) in [5, 5.41) is 9.49. The molecule has 0 unspecified atom stereocenters. The van der Waals surface area contributed by atoms with Crippen molar-refractivity contribution < 1.29 is 19.1 Å². The molecule has 0 spiro atoms. The van der Waals surface area contributed by atoms with Gasteiger partial charge in [0.2, 0.25) is 0 Å². The van der Waals surface area contributed by atoms with Crippen molar-refractivity contribution in [2.45, 2.75) is 25.8 Å². The van der Waals surface area contributed by atoms with Crippen LogP contribution in [0.5, 0.6) is 0 Å². The van der Waals surface area contributed by atoms with Crippen LogP contribution in [-0.2, 0) is 9.53 Å². The molecular weight excluding hydrogens is 376 g/mol. The van der Waals surface area contributed by atoms with E-state index < -0.39 is 18.5 Å². The van der Waals surface area contributed by atoms with Gasteiger partial charge in [0.05, 0.1) is 11.3 Å². The van der Waals surface area contributed by atoms with Crippen molar-refractivity contribution in [3.05, 3.63) is 53.6 Å². The molecule has 1 aliphatic carbocycles. The lowest BCUT2D eigenvalue weighted by molar-refractivity contribution is -0.119. The molecule has 2 N–H and O–H groups in total. The second-order valence-corrected chi connectivity index (χ2v) is 6.65. The molecule has 0 atom stereocenters. The number of aryl methyl sites for hydroxylation is 1. The molecule has 1 aliphatic rings. The smallest absolute Gasteiger partial charge is 0.378 e. The molecule has 10 nitrogen and oxygen atoms in total. The van der Waals surface area contributed by atoms with E-state index in [2.05, 4.69) is 25.7 Å². The summed E-state index contributed by atoms with van der Waals surface area (Å²) in [6.45, 7) is 1.25. The number of nitrogens with zero attached hydrogens (tertiary/aromatic N) is 4. The SMILES string of the molecule is Cc1ccnc2nc(C(=O)OCC(=O)Nc3ccccc3C(=O)NC3CC3)nn12. The maximum atomic E-state index is 12.3. The second-order valence-electron chi connectivity index (χ2n) is 6.65. The molecule has 0 bridgehead atoms. The summed E-state index contributed by atoms with van der Waals surface area (Å²) in [5.74, 6) is -1.61. The Morgan fingerprint density at radius 1 is 1.21 bits per heavy atom. The molecule has 148 valence electrons. The van der Waals surface area contributed by atoms with E-state index in [4.69, 9.17) is 4.74 Å². The Hall–Kier alpha value is -3.82. The number of fused-ring (bicyclic) bond motifs is 1. The average Bonchev–Trinajstić information content (AvgIpc) is 3.40. The van der Waals surface area contributed by atoms with Crippen LogP contribution in [0.1, 0.15) is 39.5 Å². The fourth-order valence-corrected chi connectivity index (χ4v) is 2.66. The summed E-state index contributed by atoms with van der Waals surface area (Å²) in [6.07, 6.45) is 3.48. The number of esters is 1. The van der Waals surface area contributed by atoms with E-state index in [0.717, 1.165) is 18.5 Å². The van der Waals surface area contributed by atoms with Gasteiger partial charge in [-0.3, -0.25) is 9.59 Å². The van der Waals surface area contributed by atoms with Crippen molar-refractivity contribution in [2.24, 2.45) is 0 Å². The van der Waals surface area contributed by atoms with Crippen LogP contribution in [0.25, 0.3) is 5.78 Å². The topological polar surface area (TPSA) is 128 Å². The number of rotatable bonds is 6. The van der Waals surface area contributed by atoms with Crippen LogP contribution in [-0.4, -0.2) is 50.0 Å². The van der Waals surface area contributed by atoms with Crippen molar-refractivity contribution in [2.75, 3.05) is 11.9 Å². The third-order valence-electron chi connectivity index (χ3n) is 4.31. The largest absolute Gasteiger partial charge is 0.450 e. The summed E-state index contributed by atoms with van der Waals surface area (Å²) in [4.78, 5) is 44.6. The summed E-state index contributed by atoms with van der Waals surface area (Å²) in [6, 6.07) is 8.56. The van der Waals surface area contributed by atoms with Gasteiger partial charge in [-0.05, 0) is 38.0 Å². The van der Waals surface area contributed by atoms with Crippen LogP contribution in [0, 0.1) is 6.92 Å². The molecule has 0 radical (unpaired) electrons. The van der Waals surface area contributed by atoms with Crippen LogP contribution in [0.4, 0.5) is 5.69 Å². The first-order valence-electron chi connectivity index (χ1n) is 9.06. The number of ether oxygens (including phenoxy) is 1. The van der Waals surface area contributed by atoms with E-state index >= 15 is 0 Å². The highest BCUT2D eigenvalue weighted by atomic mass is 16.5. The number of carbonyl (C=O) groups is 3. The zero-order valence-electron chi connectivity index (χ0n) is 15.6. The molecule has 1 fully saturated rings. The fourth-order valence-electron chi connectivity index (χ4n) is 2.66. The van der Waals surface area contributed by atoms with Crippen molar-refractivity contribution in [1.82, 2.24) is 24.9 Å². The predicted molar refractivity (Wildman–Crippen MR) is 101 cm³/mol. The van der Waals surface area contributed by atoms with E-state index in [0.29, 0.717) is 11.3 Å². The zero-order chi connectivity index (χ0) is 20.4. The average molecular weight is 394 g/mol. The van der Waals surface area contributed by atoms with Gasteiger partial charge in [0.25, 0.3) is 23.4 Å². The van der Waals surface area contributed by atoms with Gasteiger partial charge in [-0.15, -0.1) is 5.10 Å². The third-order valence-corrected chi connectivity index (χ3v) is 4.31. The number of carbonyl (C=O) groups excluding carboxylic acids is 3. The van der Waals surface area contributed by atoms with Crippen molar-refractivity contribution in [3.8, 4) is 0 Å². The number of nitrogens with one attached hydrogen (secondary N) is 2. The van der Waals surface area contributed by atoms with Gasteiger partial charge in [0.15, 0.2) is 6.61 Å². The van der Waals surface area contributed by atoms with Gasteiger partial charge in [-0.25, -0.2) is 14.3 Å². The highest BCUT2D eigenvalue weighted by Crippen LogP contribution is 2.21. The molecular formula is C19H18N6O4. The van der Waals surface area contributed by atoms with Crippen molar-refractivity contribution in [1.29, 1.82) is 0 Å². The van der Waals surface area contributed by atoms with Crippen molar-refractivity contribution in [3.63, 3.8) is 0 Å². The molecule has 3 aromatic rings. The maximum Gasteiger partial charge on any atom is 0.378 e. The van der Waals surface area contributed by atoms with Crippen LogP contribution in [0.3, 0.4) is 0 Å². The first-order chi connectivity index (χ1) is 14.0. The lowest BCUT2D eigenvalue weighted by Gasteiger charge is -2.11. The summed E-state index contributed by atoms with van der Waals surface area (Å²) in [7, 11) is 0. The first-order valence-corrected chi connectivity index (χ1v) is 9.06. The highest BCUT2D eigenvalue weighted by Gasteiger charge is 2.25. The maximum absolute atomic E-state index is 12.3. The molecule has 0 aliphatic heterocycles. The minimum atomic E-state index is -0.843. The summed E-state index contributed by atoms with van der Waals surface area (Å²) >= 11 is 0. The van der Waals surface area contributed by atoms with Crippen molar-refractivity contribution >= 4 is 29.2 Å². The lowest BCUT2D eigenvalue weighted by Crippen LogP contribution is -2.28. The molecule has 2 amide bonds. The van der Waals surface area contributed by atoms with Gasteiger partial charge in [-0.2, -0.15) is 4.98 Å². The van der Waals surface area contributed by atoms with E-state index in [-0.39, 0.29) is 23.6 Å². The Labute approximate surface area is 165 Å². The van der Waals surface area contributed by atoms with Crippen LogP contribution in [0.15, 0.2) is 36.5 Å². The molecule has 1 aromatic carbocycles. The third kappa shape index (κ3) is 4.21. The number of benzene rings is 1. The number of hydrogen-bond donors (Lipinski definition) is 2. The van der Waals surface area contributed by atoms with E-state index in [9.17, 15) is 14.4 Å². The Kier molecular flexibility index (Phi) is 4.90. The Bertz CT molecular complexity index is 1110. The number of anilines is 1. The highest BCUT2D eigenvalue weighted by molar-refractivity contribution is 6.04. The fraction of sp³-hybridized carbons (Fsp3) is 0.263. The molecule has 2 aromatic heterocycles. The zero-order valence-corrected chi connectivity index (χ0v) is 15.6. The Morgan fingerprint density at radius 2 is 2.00 bits per heavy atom. The number of hydrogen-bond acceptors (Lipinski definition) is 7. The first kappa shape index (κ1) is 18.5. The quantitative estimate of drug-likeness (QED) is 0.600. The Balaban J connectivity index is 1.38. The summed E-state index contributed by atoms with van der Waals surface area (Å²) < 4.78 is 6.40. The van der Waals surface area contributed by atoms with Gasteiger partial charge < -0.3 is 15.4 Å². The number of amides is 2. The lowest BCUT2D eigenvalue weighted by atomic mass is 10.1. The van der Waals surface area contributed by atoms with Gasteiger partial charge in [0.1, 0.15) is 0 Å². The minimum Gasteiger partial charge on any atom is -0.450 e. The van der Waals surface area contributed by atoms with Crippen LogP contribution in [0.2, 0.25) is 0 Å². The molecule has 29 heavy (non-hydrogen) atoms. The molecule has 1 saturated carbocycles. The monoisotopic (exact) mass is 394 g/mol. The number of aromatic nitrogens is 4. The Morgan fingerprint density at radius 3 is 2.76 bits per heavy atom. The van der Waals surface area contributed by atoms with E-state index in [1.807, 2.05) is 0 Å². The minimum absolute atomic E-state index is 0.191.